The minimum absolute atomic E-state index is 0.0724. The highest BCUT2D eigenvalue weighted by Crippen LogP contribution is 2.46. The third-order valence-corrected chi connectivity index (χ3v) is 7.24. The fourth-order valence-electron chi connectivity index (χ4n) is 5.50. The molecule has 0 bridgehead atoms. The van der Waals surface area contributed by atoms with Gasteiger partial charge in [-0.25, -0.2) is 9.59 Å². The van der Waals surface area contributed by atoms with Crippen molar-refractivity contribution in [1.82, 2.24) is 14.8 Å². The van der Waals surface area contributed by atoms with Crippen molar-refractivity contribution in [2.75, 3.05) is 41.3 Å². The highest BCUT2D eigenvalue weighted by Gasteiger charge is 2.62. The minimum atomic E-state index is -0.568. The highest BCUT2D eigenvalue weighted by atomic mass is 16.5. The van der Waals surface area contributed by atoms with Gasteiger partial charge >= 0.3 is 11.9 Å². The number of H-pyrrole nitrogens is 1. The van der Waals surface area contributed by atoms with Crippen LogP contribution >= 0.6 is 0 Å². The lowest BCUT2D eigenvalue weighted by Crippen LogP contribution is -2.51. The molecule has 3 heterocycles. The lowest BCUT2D eigenvalue weighted by atomic mass is 9.88. The topological polar surface area (TPSA) is 85.9 Å². The summed E-state index contributed by atoms with van der Waals surface area (Å²) in [6.07, 6.45) is 1.19. The number of imide groups is 1. The summed E-state index contributed by atoms with van der Waals surface area (Å²) in [7, 11) is 7.35. The highest BCUT2D eigenvalue weighted by molar-refractivity contribution is 5.97. The number of carbonyl (C=O) groups excluding carboxylic acids is 2. The van der Waals surface area contributed by atoms with E-state index in [2.05, 4.69) is 9.88 Å². The zero-order valence-electron chi connectivity index (χ0n) is 20.0. The van der Waals surface area contributed by atoms with Crippen LogP contribution in [-0.2, 0) is 11.2 Å². The summed E-state index contributed by atoms with van der Waals surface area (Å²) in [5, 5.41) is 11.2. The number of phenolic OH excluding ortho intramolecular Hbond substituents is 1. The maximum atomic E-state index is 13.9. The molecule has 2 aliphatic rings. The number of ether oxygens (including phenoxy) is 1. The van der Waals surface area contributed by atoms with Gasteiger partial charge in [-0.1, -0.05) is 12.1 Å². The molecular formula is C26H31N4O4+. The number of likely N-dealkylation sites (N-methyl/N-ethyl adjacent to an activating group) is 1. The molecule has 8 heteroatoms. The average Bonchev–Trinajstić information content (AvgIpc) is 3.26. The summed E-state index contributed by atoms with van der Waals surface area (Å²) in [5.74, 6) is 0.792. The Morgan fingerprint density at radius 1 is 1.21 bits per heavy atom. The summed E-state index contributed by atoms with van der Waals surface area (Å²) in [5.41, 5.74) is 3.60. The number of methoxy groups -OCH3 is 1. The SMILES string of the molecule is COc1ccc2[nH]c3c(c2c1)CC1C(=O)[N+](C)(CCCN(C)C)C(=O)N1C3c1cccc(O)c1. The number of quaternary nitrogens is 1. The van der Waals surface area contributed by atoms with Crippen LogP contribution in [0.15, 0.2) is 42.5 Å². The Kier molecular flexibility index (Phi) is 5.37. The summed E-state index contributed by atoms with van der Waals surface area (Å²) >= 11 is 0. The number of hydrogen-bond donors (Lipinski definition) is 2. The van der Waals surface area contributed by atoms with Gasteiger partial charge < -0.3 is 19.7 Å². The Morgan fingerprint density at radius 2 is 2.00 bits per heavy atom. The fraction of sp³-hybridized carbons (Fsp3) is 0.385. The number of rotatable bonds is 6. The number of hydrogen-bond acceptors (Lipinski definition) is 5. The van der Waals surface area contributed by atoms with Crippen molar-refractivity contribution in [3.8, 4) is 11.5 Å². The molecule has 2 N–H and O–H groups in total. The van der Waals surface area contributed by atoms with E-state index < -0.39 is 12.1 Å². The van der Waals surface area contributed by atoms with Crippen LogP contribution in [0.1, 0.15) is 29.3 Å². The molecule has 3 aromatic rings. The Hall–Kier alpha value is -3.36. The third kappa shape index (κ3) is 3.36. The van der Waals surface area contributed by atoms with Crippen LogP contribution in [-0.4, -0.2) is 83.7 Å². The molecule has 1 saturated heterocycles. The van der Waals surface area contributed by atoms with Gasteiger partial charge in [0.15, 0.2) is 6.04 Å². The second-order valence-electron chi connectivity index (χ2n) is 9.75. The van der Waals surface area contributed by atoms with E-state index in [1.54, 1.807) is 37.3 Å². The number of nitrogens with one attached hydrogen (secondary N) is 1. The van der Waals surface area contributed by atoms with Gasteiger partial charge in [0, 0.05) is 36.0 Å². The number of aromatic hydroxyl groups is 1. The van der Waals surface area contributed by atoms with Crippen molar-refractivity contribution in [2.24, 2.45) is 0 Å². The van der Waals surface area contributed by atoms with E-state index in [9.17, 15) is 14.7 Å². The molecule has 0 radical (unpaired) electrons. The van der Waals surface area contributed by atoms with Crippen LogP contribution in [0.25, 0.3) is 10.9 Å². The van der Waals surface area contributed by atoms with Gasteiger partial charge in [0.1, 0.15) is 17.5 Å². The molecule has 0 saturated carbocycles. The van der Waals surface area contributed by atoms with E-state index in [0.29, 0.717) is 13.0 Å². The average molecular weight is 464 g/mol. The Labute approximate surface area is 198 Å². The molecule has 3 unspecified atom stereocenters. The molecular weight excluding hydrogens is 432 g/mol. The van der Waals surface area contributed by atoms with E-state index >= 15 is 0 Å². The molecule has 3 atom stereocenters. The molecule has 0 aliphatic carbocycles. The van der Waals surface area contributed by atoms with Crippen molar-refractivity contribution in [3.05, 3.63) is 59.3 Å². The first-order valence-corrected chi connectivity index (χ1v) is 11.6. The second kappa shape index (κ2) is 8.14. The largest absolute Gasteiger partial charge is 0.508 e. The quantitative estimate of drug-likeness (QED) is 0.433. The predicted molar refractivity (Wildman–Crippen MR) is 129 cm³/mol. The first-order chi connectivity index (χ1) is 16.2. The van der Waals surface area contributed by atoms with Crippen molar-refractivity contribution in [1.29, 1.82) is 0 Å². The number of carbonyl (C=O) groups is 2. The van der Waals surface area contributed by atoms with Crippen LogP contribution in [0.5, 0.6) is 11.5 Å². The summed E-state index contributed by atoms with van der Waals surface area (Å²) < 4.78 is 5.21. The maximum Gasteiger partial charge on any atom is 0.428 e. The minimum Gasteiger partial charge on any atom is -0.508 e. The van der Waals surface area contributed by atoms with Gasteiger partial charge in [-0.15, -0.1) is 0 Å². The molecule has 5 rings (SSSR count). The zero-order valence-corrected chi connectivity index (χ0v) is 20.0. The fourth-order valence-corrected chi connectivity index (χ4v) is 5.50. The zero-order chi connectivity index (χ0) is 24.2. The van der Waals surface area contributed by atoms with Crippen LogP contribution in [0.2, 0.25) is 0 Å². The van der Waals surface area contributed by atoms with Crippen LogP contribution in [0.3, 0.4) is 0 Å². The lowest BCUT2D eigenvalue weighted by Gasteiger charge is -2.34. The van der Waals surface area contributed by atoms with Crippen LogP contribution < -0.4 is 4.74 Å². The van der Waals surface area contributed by atoms with E-state index in [1.807, 2.05) is 38.4 Å². The normalized spacial score (nSPS) is 24.1. The van der Waals surface area contributed by atoms with E-state index in [0.717, 1.165) is 46.4 Å². The molecule has 178 valence electrons. The van der Waals surface area contributed by atoms with E-state index in [4.69, 9.17) is 4.74 Å². The molecule has 2 aliphatic heterocycles. The van der Waals surface area contributed by atoms with Gasteiger partial charge in [-0.05, 0) is 55.6 Å². The summed E-state index contributed by atoms with van der Waals surface area (Å²) in [6.45, 7) is 1.26. The maximum absolute atomic E-state index is 13.9. The van der Waals surface area contributed by atoms with Gasteiger partial charge in [-0.3, -0.25) is 4.90 Å². The number of urea groups is 1. The summed E-state index contributed by atoms with van der Waals surface area (Å²) in [4.78, 5) is 35.0. The smallest absolute Gasteiger partial charge is 0.428 e. The van der Waals surface area contributed by atoms with Gasteiger partial charge in [0.25, 0.3) is 0 Å². The number of nitrogens with zero attached hydrogens (tertiary/aromatic N) is 3. The standard InChI is InChI=1S/C26H30N4O4/c1-28(2)11-6-12-30(3)25(32)22-15-20-19-14-18(34-4)9-10-21(19)27-23(20)24(29(22)26(30)33)16-7-5-8-17(31)13-16/h5,7-10,13-14,22,24,27H,6,11-12,15H2,1-4H3/p+1. The third-order valence-electron chi connectivity index (χ3n) is 7.24. The first kappa shape index (κ1) is 22.4. The number of fused-ring (bicyclic) bond motifs is 4. The lowest BCUT2D eigenvalue weighted by molar-refractivity contribution is -0.747. The number of aromatic nitrogens is 1. The monoisotopic (exact) mass is 463 g/mol. The number of amides is 3. The predicted octanol–water partition coefficient (Wildman–Crippen LogP) is 3.26. The van der Waals surface area contributed by atoms with E-state index in [1.165, 1.54) is 0 Å². The van der Waals surface area contributed by atoms with Gasteiger partial charge in [0.2, 0.25) is 0 Å². The van der Waals surface area contributed by atoms with Crippen molar-refractivity contribution < 1.29 is 23.9 Å². The Bertz CT molecular complexity index is 1280. The molecule has 3 amide bonds. The number of benzene rings is 2. The Balaban J connectivity index is 1.65. The Morgan fingerprint density at radius 3 is 2.71 bits per heavy atom. The van der Waals surface area contributed by atoms with Gasteiger partial charge in [-0.2, -0.15) is 4.48 Å². The molecule has 0 spiro atoms. The van der Waals surface area contributed by atoms with Crippen molar-refractivity contribution >= 4 is 22.8 Å². The molecule has 2 aromatic carbocycles. The van der Waals surface area contributed by atoms with Crippen LogP contribution in [0.4, 0.5) is 4.79 Å². The molecule has 34 heavy (non-hydrogen) atoms. The van der Waals surface area contributed by atoms with Crippen molar-refractivity contribution in [2.45, 2.75) is 24.9 Å². The molecule has 1 fully saturated rings. The molecule has 8 nitrogen and oxygen atoms in total. The first-order valence-electron chi connectivity index (χ1n) is 11.6. The van der Waals surface area contributed by atoms with E-state index in [-0.39, 0.29) is 22.2 Å². The van der Waals surface area contributed by atoms with Crippen molar-refractivity contribution in [3.63, 3.8) is 0 Å². The second-order valence-corrected chi connectivity index (χ2v) is 9.75. The number of aromatic amines is 1. The summed E-state index contributed by atoms with van der Waals surface area (Å²) in [6, 6.07) is 11.5. The number of phenols is 1. The van der Waals surface area contributed by atoms with Crippen LogP contribution in [0, 0.1) is 0 Å². The van der Waals surface area contributed by atoms with Gasteiger partial charge in [0.05, 0.1) is 20.7 Å². The molecule has 1 aromatic heterocycles.